The number of nitrogens with one attached hydrogen (secondary N) is 2. The Labute approximate surface area is 215 Å². The van der Waals surface area contributed by atoms with Crippen LogP contribution in [-0.2, 0) is 20.0 Å². The van der Waals surface area contributed by atoms with Gasteiger partial charge in [0.1, 0.15) is 0 Å². The van der Waals surface area contributed by atoms with Gasteiger partial charge < -0.3 is 20.1 Å². The Balaban J connectivity index is 0.000000198. The minimum atomic E-state index is -3.46. The molecule has 2 heterocycles. The van der Waals surface area contributed by atoms with Crippen LogP contribution in [0.3, 0.4) is 0 Å². The standard InChI is InChI=1S/C12H18N2O4S.C10H13BrN2O2S/c1-17-11-4-3-10(9-12(11)18-2)19(15,16)14-7-5-13-6-8-14;11-9-1-3-10(4-2-9)16(14,15)13-7-5-12-6-8-13/h3-4,9,13H,5-8H2,1-2H3;1-4,12H,5-8H2. The first-order valence-corrected chi connectivity index (χ1v) is 14.8. The van der Waals surface area contributed by atoms with E-state index in [1.807, 2.05) is 0 Å². The van der Waals surface area contributed by atoms with Crippen LogP contribution in [0.25, 0.3) is 0 Å². The third-order valence-electron chi connectivity index (χ3n) is 5.60. The van der Waals surface area contributed by atoms with Crippen LogP contribution in [-0.4, -0.2) is 92.0 Å². The average Bonchev–Trinajstić information content (AvgIpc) is 2.90. The van der Waals surface area contributed by atoms with Crippen molar-refractivity contribution in [2.75, 3.05) is 66.6 Å². The number of nitrogens with zero attached hydrogens (tertiary/aromatic N) is 2. The normalized spacial score (nSPS) is 17.8. The van der Waals surface area contributed by atoms with E-state index in [-0.39, 0.29) is 4.90 Å². The topological polar surface area (TPSA) is 117 Å². The molecular formula is C22H31BrN4O6S2. The van der Waals surface area contributed by atoms with Gasteiger partial charge in [-0.2, -0.15) is 8.61 Å². The van der Waals surface area contributed by atoms with Crippen molar-refractivity contribution in [1.29, 1.82) is 0 Å². The first-order valence-electron chi connectivity index (χ1n) is 11.1. The molecule has 35 heavy (non-hydrogen) atoms. The number of halogens is 1. The van der Waals surface area contributed by atoms with Crippen LogP contribution in [0.4, 0.5) is 0 Å². The fourth-order valence-electron chi connectivity index (χ4n) is 3.65. The molecule has 2 fully saturated rings. The van der Waals surface area contributed by atoms with Crippen molar-refractivity contribution < 1.29 is 26.3 Å². The van der Waals surface area contributed by atoms with Gasteiger partial charge in [-0.1, -0.05) is 15.9 Å². The number of piperazine rings is 2. The van der Waals surface area contributed by atoms with Crippen LogP contribution in [0.2, 0.25) is 0 Å². The number of hydrogen-bond acceptors (Lipinski definition) is 8. The summed E-state index contributed by atoms with van der Waals surface area (Å²) in [6.07, 6.45) is 0. The summed E-state index contributed by atoms with van der Waals surface area (Å²) in [7, 11) is -3.77. The molecule has 0 aliphatic carbocycles. The lowest BCUT2D eigenvalue weighted by molar-refractivity contribution is 0.350. The van der Waals surface area contributed by atoms with Gasteiger partial charge in [0.15, 0.2) is 11.5 Å². The molecule has 2 aliphatic rings. The molecule has 10 nitrogen and oxygen atoms in total. The number of methoxy groups -OCH3 is 2. The molecule has 2 aliphatic heterocycles. The molecule has 0 saturated carbocycles. The lowest BCUT2D eigenvalue weighted by atomic mass is 10.3. The van der Waals surface area contributed by atoms with Gasteiger partial charge in [0, 0.05) is 62.9 Å². The number of benzene rings is 2. The molecule has 0 atom stereocenters. The van der Waals surface area contributed by atoms with Crippen LogP contribution in [0.1, 0.15) is 0 Å². The highest BCUT2D eigenvalue weighted by atomic mass is 79.9. The predicted molar refractivity (Wildman–Crippen MR) is 137 cm³/mol. The maximum absolute atomic E-state index is 12.5. The summed E-state index contributed by atoms with van der Waals surface area (Å²) in [6.45, 7) is 4.83. The van der Waals surface area contributed by atoms with E-state index in [1.165, 1.54) is 28.9 Å². The van der Waals surface area contributed by atoms with Gasteiger partial charge in [-0.05, 0) is 36.4 Å². The zero-order valence-corrected chi connectivity index (χ0v) is 23.0. The zero-order valence-electron chi connectivity index (χ0n) is 19.7. The average molecular weight is 592 g/mol. The minimum Gasteiger partial charge on any atom is -0.493 e. The van der Waals surface area contributed by atoms with Crippen LogP contribution in [0.5, 0.6) is 11.5 Å². The minimum absolute atomic E-state index is 0.229. The van der Waals surface area contributed by atoms with E-state index in [2.05, 4.69) is 26.6 Å². The SMILES string of the molecule is COc1ccc(S(=O)(=O)N2CCNCC2)cc1OC.O=S(=O)(c1ccc(Br)cc1)N1CCNCC1. The molecule has 0 aromatic heterocycles. The number of ether oxygens (including phenoxy) is 2. The third kappa shape index (κ3) is 6.94. The van der Waals surface area contributed by atoms with Crippen molar-refractivity contribution in [3.8, 4) is 11.5 Å². The van der Waals surface area contributed by atoms with Crippen molar-refractivity contribution in [2.45, 2.75) is 9.79 Å². The molecule has 13 heteroatoms. The lowest BCUT2D eigenvalue weighted by Gasteiger charge is -2.26. The van der Waals surface area contributed by atoms with Crippen molar-refractivity contribution in [3.05, 3.63) is 46.9 Å². The van der Waals surface area contributed by atoms with E-state index < -0.39 is 20.0 Å². The highest BCUT2D eigenvalue weighted by molar-refractivity contribution is 9.10. The second-order valence-corrected chi connectivity index (χ2v) is 12.6. The number of hydrogen-bond donors (Lipinski definition) is 2. The van der Waals surface area contributed by atoms with E-state index in [0.717, 1.165) is 17.6 Å². The number of rotatable bonds is 6. The van der Waals surface area contributed by atoms with Gasteiger partial charge in [-0.15, -0.1) is 0 Å². The van der Waals surface area contributed by atoms with Gasteiger partial charge in [0.25, 0.3) is 0 Å². The largest absolute Gasteiger partial charge is 0.493 e. The van der Waals surface area contributed by atoms with Gasteiger partial charge >= 0.3 is 0 Å². The Morgan fingerprint density at radius 3 is 1.57 bits per heavy atom. The monoisotopic (exact) mass is 590 g/mol. The second-order valence-electron chi connectivity index (χ2n) is 7.78. The first-order chi connectivity index (χ1) is 16.7. The Morgan fingerprint density at radius 1 is 0.686 bits per heavy atom. The van der Waals surface area contributed by atoms with E-state index >= 15 is 0 Å². The summed E-state index contributed by atoms with van der Waals surface area (Å²) < 4.78 is 63.4. The summed E-state index contributed by atoms with van der Waals surface area (Å²) in [4.78, 5) is 0.588. The lowest BCUT2D eigenvalue weighted by Crippen LogP contribution is -2.46. The maximum Gasteiger partial charge on any atom is 0.243 e. The predicted octanol–water partition coefficient (Wildman–Crippen LogP) is 1.34. The molecule has 0 bridgehead atoms. The smallest absolute Gasteiger partial charge is 0.243 e. The highest BCUT2D eigenvalue weighted by Crippen LogP contribution is 2.30. The zero-order chi connectivity index (χ0) is 25.5. The quantitative estimate of drug-likeness (QED) is 0.517. The van der Waals surface area contributed by atoms with Gasteiger partial charge in [-0.3, -0.25) is 0 Å². The van der Waals surface area contributed by atoms with E-state index in [1.54, 1.807) is 36.4 Å². The van der Waals surface area contributed by atoms with E-state index in [0.29, 0.717) is 55.7 Å². The third-order valence-corrected chi connectivity index (χ3v) is 9.93. The van der Waals surface area contributed by atoms with Crippen molar-refractivity contribution >= 4 is 36.0 Å². The Kier molecular flexibility index (Phi) is 9.93. The van der Waals surface area contributed by atoms with Crippen molar-refractivity contribution in [3.63, 3.8) is 0 Å². The molecule has 194 valence electrons. The molecule has 0 spiro atoms. The Hall–Kier alpha value is -1.74. The summed E-state index contributed by atoms with van der Waals surface area (Å²) in [5.41, 5.74) is 0. The van der Waals surface area contributed by atoms with Crippen LogP contribution >= 0.6 is 15.9 Å². The van der Waals surface area contributed by atoms with Crippen LogP contribution in [0, 0.1) is 0 Å². The molecule has 2 saturated heterocycles. The Morgan fingerprint density at radius 2 is 1.11 bits per heavy atom. The van der Waals surface area contributed by atoms with Crippen molar-refractivity contribution in [2.24, 2.45) is 0 Å². The van der Waals surface area contributed by atoms with E-state index in [9.17, 15) is 16.8 Å². The summed E-state index contributed by atoms with van der Waals surface area (Å²) in [5, 5.41) is 6.26. The van der Waals surface area contributed by atoms with Crippen LogP contribution < -0.4 is 20.1 Å². The highest BCUT2D eigenvalue weighted by Gasteiger charge is 2.27. The van der Waals surface area contributed by atoms with Gasteiger partial charge in [0.2, 0.25) is 20.0 Å². The molecular weight excluding hydrogens is 560 g/mol. The van der Waals surface area contributed by atoms with E-state index in [4.69, 9.17) is 9.47 Å². The summed E-state index contributed by atoms with van der Waals surface area (Å²) in [6, 6.07) is 11.4. The maximum atomic E-state index is 12.5. The number of sulfonamides is 2. The fraction of sp³-hybridized carbons (Fsp3) is 0.455. The van der Waals surface area contributed by atoms with Crippen molar-refractivity contribution in [1.82, 2.24) is 19.2 Å². The molecule has 2 aromatic carbocycles. The Bertz CT molecular complexity index is 1180. The molecule has 0 radical (unpaired) electrons. The van der Waals surface area contributed by atoms with Gasteiger partial charge in [0.05, 0.1) is 24.0 Å². The molecule has 2 aromatic rings. The molecule has 4 rings (SSSR count). The van der Waals surface area contributed by atoms with Gasteiger partial charge in [-0.25, -0.2) is 16.8 Å². The van der Waals surface area contributed by atoms with Crippen LogP contribution in [0.15, 0.2) is 56.7 Å². The fourth-order valence-corrected chi connectivity index (χ4v) is 6.81. The molecule has 0 amide bonds. The molecule has 2 N–H and O–H groups in total. The summed E-state index contributed by atoms with van der Waals surface area (Å²) >= 11 is 3.29. The summed E-state index contributed by atoms with van der Waals surface area (Å²) in [5.74, 6) is 0.931. The molecule has 0 unspecified atom stereocenters. The second kappa shape index (κ2) is 12.5. The first kappa shape index (κ1) is 27.8.